The van der Waals surface area contributed by atoms with Gasteiger partial charge in [-0.3, -0.25) is 14.4 Å². The molecule has 0 saturated carbocycles. The maximum absolute atomic E-state index is 12.9. The van der Waals surface area contributed by atoms with Gasteiger partial charge in [-0.05, 0) is 122 Å². The molecule has 0 N–H and O–H groups in total. The number of hydrogen-bond acceptors (Lipinski definition) is 6. The van der Waals surface area contributed by atoms with Crippen molar-refractivity contribution < 1.29 is 28.6 Å². The first kappa shape index (κ1) is 75.3. The maximum atomic E-state index is 12.9. The van der Waals surface area contributed by atoms with Crippen molar-refractivity contribution in [3.05, 3.63) is 97.2 Å². The predicted molar refractivity (Wildman–Crippen MR) is 344 cm³/mol. The van der Waals surface area contributed by atoms with Crippen molar-refractivity contribution in [2.75, 3.05) is 13.2 Å². The fraction of sp³-hybridized carbons (Fsp3) is 0.740. The molecule has 0 saturated heterocycles. The highest BCUT2D eigenvalue weighted by Gasteiger charge is 2.19. The fourth-order valence-electron chi connectivity index (χ4n) is 9.50. The molecule has 0 heterocycles. The van der Waals surface area contributed by atoms with E-state index >= 15 is 0 Å². The molecule has 0 aliphatic rings. The molecule has 0 rings (SSSR count). The SMILES string of the molecule is CC/C=C\C/C=C\C/C=C\C/C=C\C/C=C\CCCCCCCCCCCCCCCC(=O)OCC(COC(=O)CCCCCCC/C=C\CCCCCC)OC(=O)CCCCCCCCCCC/C=C\C/C=C\CCCCC. The van der Waals surface area contributed by atoms with Crippen molar-refractivity contribution in [1.29, 1.82) is 0 Å². The Morgan fingerprint density at radius 3 is 0.810 bits per heavy atom. The van der Waals surface area contributed by atoms with Crippen molar-refractivity contribution in [1.82, 2.24) is 0 Å². The Bertz CT molecular complexity index is 1540. The van der Waals surface area contributed by atoms with E-state index < -0.39 is 6.10 Å². The van der Waals surface area contributed by atoms with Gasteiger partial charge in [0.2, 0.25) is 0 Å². The van der Waals surface area contributed by atoms with Crippen LogP contribution in [-0.4, -0.2) is 37.2 Å². The summed E-state index contributed by atoms with van der Waals surface area (Å²) in [7, 11) is 0. The summed E-state index contributed by atoms with van der Waals surface area (Å²) in [5.74, 6) is -0.882. The molecule has 79 heavy (non-hydrogen) atoms. The topological polar surface area (TPSA) is 78.9 Å². The van der Waals surface area contributed by atoms with E-state index in [9.17, 15) is 14.4 Å². The quantitative estimate of drug-likeness (QED) is 0.0261. The highest BCUT2D eigenvalue weighted by molar-refractivity contribution is 5.71. The van der Waals surface area contributed by atoms with Crippen LogP contribution in [0.1, 0.15) is 329 Å². The van der Waals surface area contributed by atoms with E-state index in [0.717, 1.165) is 103 Å². The lowest BCUT2D eigenvalue weighted by molar-refractivity contribution is -0.167. The van der Waals surface area contributed by atoms with E-state index in [2.05, 4.69) is 118 Å². The summed E-state index contributed by atoms with van der Waals surface area (Å²) < 4.78 is 16.9. The van der Waals surface area contributed by atoms with Crippen LogP contribution in [0.3, 0.4) is 0 Å². The van der Waals surface area contributed by atoms with E-state index in [-0.39, 0.29) is 31.1 Å². The Hall–Kier alpha value is -3.67. The van der Waals surface area contributed by atoms with Gasteiger partial charge in [0, 0.05) is 19.3 Å². The molecule has 0 fully saturated rings. The van der Waals surface area contributed by atoms with Crippen LogP contribution < -0.4 is 0 Å². The van der Waals surface area contributed by atoms with Crippen molar-refractivity contribution in [2.45, 2.75) is 335 Å². The molecule has 0 amide bonds. The molecule has 0 radical (unpaired) electrons. The second-order valence-corrected chi connectivity index (χ2v) is 22.3. The van der Waals surface area contributed by atoms with Crippen molar-refractivity contribution in [2.24, 2.45) is 0 Å². The van der Waals surface area contributed by atoms with Crippen LogP contribution in [0.5, 0.6) is 0 Å². The van der Waals surface area contributed by atoms with E-state index in [4.69, 9.17) is 14.2 Å². The Balaban J connectivity index is 4.27. The summed E-state index contributed by atoms with van der Waals surface area (Å²) in [6.07, 6.45) is 89.9. The van der Waals surface area contributed by atoms with Gasteiger partial charge < -0.3 is 14.2 Å². The molecule has 0 aliphatic heterocycles. The molecule has 0 bridgehead atoms. The number of allylic oxidation sites excluding steroid dienone is 16. The van der Waals surface area contributed by atoms with Gasteiger partial charge in [-0.15, -0.1) is 0 Å². The summed E-state index contributed by atoms with van der Waals surface area (Å²) in [6, 6.07) is 0. The number of hydrogen-bond donors (Lipinski definition) is 0. The summed E-state index contributed by atoms with van der Waals surface area (Å²) in [5, 5.41) is 0. The second kappa shape index (κ2) is 66.8. The number of rotatable bonds is 61. The molecule has 6 heteroatoms. The van der Waals surface area contributed by atoms with Gasteiger partial charge in [0.15, 0.2) is 6.10 Å². The molecule has 0 aromatic heterocycles. The van der Waals surface area contributed by atoms with Crippen LogP contribution in [0.4, 0.5) is 0 Å². The Morgan fingerprint density at radius 2 is 0.494 bits per heavy atom. The minimum absolute atomic E-state index is 0.0804. The predicted octanol–water partition coefficient (Wildman–Crippen LogP) is 23.2. The summed E-state index contributed by atoms with van der Waals surface area (Å²) in [4.78, 5) is 38.4. The van der Waals surface area contributed by atoms with E-state index in [1.54, 1.807) is 0 Å². The lowest BCUT2D eigenvalue weighted by Crippen LogP contribution is -2.30. The van der Waals surface area contributed by atoms with Crippen molar-refractivity contribution in [3.8, 4) is 0 Å². The lowest BCUT2D eigenvalue weighted by Gasteiger charge is -2.18. The molecule has 0 spiro atoms. The number of unbranched alkanes of at least 4 members (excludes halogenated alkanes) is 34. The third-order valence-electron chi connectivity index (χ3n) is 14.5. The minimum Gasteiger partial charge on any atom is -0.462 e. The summed E-state index contributed by atoms with van der Waals surface area (Å²) in [5.41, 5.74) is 0. The van der Waals surface area contributed by atoms with E-state index in [1.165, 1.54) is 186 Å². The number of ether oxygens (including phenoxy) is 3. The highest BCUT2D eigenvalue weighted by Crippen LogP contribution is 2.17. The first-order valence-corrected chi connectivity index (χ1v) is 33.7. The van der Waals surface area contributed by atoms with Crippen LogP contribution in [0.2, 0.25) is 0 Å². The monoisotopic (exact) mass is 1100 g/mol. The maximum Gasteiger partial charge on any atom is 0.306 e. The van der Waals surface area contributed by atoms with Gasteiger partial charge >= 0.3 is 17.9 Å². The van der Waals surface area contributed by atoms with E-state index in [1.807, 2.05) is 0 Å². The molecule has 454 valence electrons. The molecule has 0 aromatic carbocycles. The first-order chi connectivity index (χ1) is 39.0. The van der Waals surface area contributed by atoms with Crippen LogP contribution in [0.25, 0.3) is 0 Å². The number of carbonyl (C=O) groups excluding carboxylic acids is 3. The number of esters is 3. The Labute approximate surface area is 489 Å². The van der Waals surface area contributed by atoms with Crippen LogP contribution in [0, 0.1) is 0 Å². The van der Waals surface area contributed by atoms with Gasteiger partial charge in [-0.1, -0.05) is 285 Å². The zero-order valence-electron chi connectivity index (χ0n) is 52.1. The largest absolute Gasteiger partial charge is 0.462 e. The second-order valence-electron chi connectivity index (χ2n) is 22.3. The minimum atomic E-state index is -0.784. The third kappa shape index (κ3) is 65.0. The molecule has 6 nitrogen and oxygen atoms in total. The van der Waals surface area contributed by atoms with Gasteiger partial charge in [-0.25, -0.2) is 0 Å². The van der Waals surface area contributed by atoms with Gasteiger partial charge in [0.1, 0.15) is 13.2 Å². The molecular weight excluding hydrogens is 973 g/mol. The smallest absolute Gasteiger partial charge is 0.306 e. The van der Waals surface area contributed by atoms with Crippen LogP contribution >= 0.6 is 0 Å². The fourth-order valence-corrected chi connectivity index (χ4v) is 9.50. The molecule has 1 unspecified atom stereocenters. The molecular formula is C73H126O6. The van der Waals surface area contributed by atoms with Crippen LogP contribution in [0.15, 0.2) is 97.2 Å². The van der Waals surface area contributed by atoms with Gasteiger partial charge in [0.05, 0.1) is 0 Å². The first-order valence-electron chi connectivity index (χ1n) is 33.7. The Morgan fingerprint density at radius 1 is 0.266 bits per heavy atom. The zero-order chi connectivity index (χ0) is 57.1. The third-order valence-corrected chi connectivity index (χ3v) is 14.5. The summed E-state index contributed by atoms with van der Waals surface area (Å²) >= 11 is 0. The van der Waals surface area contributed by atoms with Gasteiger partial charge in [0.25, 0.3) is 0 Å². The van der Waals surface area contributed by atoms with Crippen molar-refractivity contribution in [3.63, 3.8) is 0 Å². The lowest BCUT2D eigenvalue weighted by atomic mass is 10.0. The molecule has 0 aromatic rings. The average Bonchev–Trinajstić information content (AvgIpc) is 3.45. The Kier molecular flexibility index (Phi) is 63.7. The standard InChI is InChI=1S/C73H126O6/c1-4-7-10-13-16-19-22-25-27-29-31-32-33-34-35-36-37-38-39-40-42-43-45-48-51-54-57-60-63-66-72(75)78-69-70(68-77-71(74)65-62-59-56-53-50-47-24-21-18-15-12-9-6-3)79-73(76)67-64-61-58-55-52-49-46-44-41-30-28-26-23-20-17-14-11-8-5-2/h7,10,16-17,19-21,24-28,31-32,34-35,70H,4-6,8-9,11-15,18,22-23,29-30,33,36-69H2,1-3H3/b10-7-,19-16-,20-17-,24-21-,27-25-,28-26-,32-31-,35-34-. The average molecular weight is 1100 g/mol. The summed E-state index contributed by atoms with van der Waals surface area (Å²) in [6.45, 7) is 6.51. The normalized spacial score (nSPS) is 12.7. The van der Waals surface area contributed by atoms with Crippen molar-refractivity contribution >= 4 is 17.9 Å². The van der Waals surface area contributed by atoms with E-state index in [0.29, 0.717) is 19.3 Å². The van der Waals surface area contributed by atoms with Crippen LogP contribution in [-0.2, 0) is 28.6 Å². The zero-order valence-corrected chi connectivity index (χ0v) is 52.1. The highest BCUT2D eigenvalue weighted by atomic mass is 16.6. The van der Waals surface area contributed by atoms with Gasteiger partial charge in [-0.2, -0.15) is 0 Å². The molecule has 1 atom stereocenters. The molecule has 0 aliphatic carbocycles. The number of carbonyl (C=O) groups is 3.